The number of rotatable bonds is 4. The summed E-state index contributed by atoms with van der Waals surface area (Å²) in [5.41, 5.74) is 0.819. The van der Waals surface area contributed by atoms with Crippen LogP contribution in [0.25, 0.3) is 0 Å². The van der Waals surface area contributed by atoms with Crippen LogP contribution in [0, 0.1) is 5.92 Å². The summed E-state index contributed by atoms with van der Waals surface area (Å²) in [6.45, 7) is 1.82. The minimum Gasteiger partial charge on any atom is -0.370 e. The monoisotopic (exact) mass is 346 g/mol. The summed E-state index contributed by atoms with van der Waals surface area (Å²) in [5.74, 6) is 0.593. The van der Waals surface area contributed by atoms with Crippen molar-refractivity contribution < 1.29 is 8.42 Å². The Morgan fingerprint density at radius 2 is 2.05 bits per heavy atom. The molecule has 0 bridgehead atoms. The van der Waals surface area contributed by atoms with E-state index in [1.807, 2.05) is 12.1 Å². The molecule has 1 fully saturated rings. The molecule has 1 aromatic rings. The van der Waals surface area contributed by atoms with Gasteiger partial charge in [-0.25, -0.2) is 12.7 Å². The van der Waals surface area contributed by atoms with Gasteiger partial charge in [-0.3, -0.25) is 0 Å². The highest BCUT2D eigenvalue weighted by atomic mass is 79.9. The predicted octanol–water partition coefficient (Wildman–Crippen LogP) is 2.16. The van der Waals surface area contributed by atoms with Crippen molar-refractivity contribution in [3.8, 4) is 0 Å². The molecule has 1 saturated heterocycles. The fourth-order valence-corrected chi connectivity index (χ4v) is 3.94. The molecule has 0 aromatic heterocycles. The first-order chi connectivity index (χ1) is 8.96. The number of hydrogen-bond donors (Lipinski definition) is 0. The Morgan fingerprint density at radius 1 is 1.37 bits per heavy atom. The van der Waals surface area contributed by atoms with Crippen LogP contribution in [0.2, 0.25) is 0 Å². The average Bonchev–Trinajstić information content (AvgIpc) is 2.87. The van der Waals surface area contributed by atoms with Crippen LogP contribution < -0.4 is 4.90 Å². The minimum atomic E-state index is -3.39. The highest BCUT2D eigenvalue weighted by molar-refractivity contribution is 9.09. The van der Waals surface area contributed by atoms with Gasteiger partial charge in [0, 0.05) is 32.5 Å². The number of para-hydroxylation sites is 1. The van der Waals surface area contributed by atoms with Crippen LogP contribution in [-0.4, -0.2) is 45.2 Å². The van der Waals surface area contributed by atoms with Gasteiger partial charge in [0.05, 0.1) is 5.69 Å². The van der Waals surface area contributed by atoms with Crippen LogP contribution in [0.4, 0.5) is 5.69 Å². The molecular formula is C13H19BrN2O2S. The molecule has 0 spiro atoms. The van der Waals surface area contributed by atoms with E-state index in [1.54, 1.807) is 26.2 Å². The number of nitrogens with zero attached hydrogens (tertiary/aromatic N) is 2. The molecule has 1 aromatic carbocycles. The molecule has 1 heterocycles. The summed E-state index contributed by atoms with van der Waals surface area (Å²) < 4.78 is 26.0. The summed E-state index contributed by atoms with van der Waals surface area (Å²) in [7, 11) is -0.256. The van der Waals surface area contributed by atoms with Crippen LogP contribution in [0.1, 0.15) is 6.42 Å². The Hall–Kier alpha value is -0.590. The van der Waals surface area contributed by atoms with E-state index in [-0.39, 0.29) is 0 Å². The van der Waals surface area contributed by atoms with Crippen LogP contribution >= 0.6 is 15.9 Å². The van der Waals surface area contributed by atoms with Gasteiger partial charge in [0.2, 0.25) is 10.0 Å². The molecular weight excluding hydrogens is 328 g/mol. The highest BCUT2D eigenvalue weighted by Gasteiger charge is 2.28. The lowest BCUT2D eigenvalue weighted by atomic mass is 10.2. The summed E-state index contributed by atoms with van der Waals surface area (Å²) in [5, 5.41) is 0.964. The zero-order valence-electron chi connectivity index (χ0n) is 11.2. The smallest absolute Gasteiger partial charge is 0.244 e. The Kier molecular flexibility index (Phi) is 4.53. The molecule has 1 aliphatic rings. The van der Waals surface area contributed by atoms with Gasteiger partial charge in [0.1, 0.15) is 4.90 Å². The second kappa shape index (κ2) is 5.81. The summed E-state index contributed by atoms with van der Waals surface area (Å²) in [4.78, 5) is 2.57. The quantitative estimate of drug-likeness (QED) is 0.784. The van der Waals surface area contributed by atoms with E-state index in [2.05, 4.69) is 20.8 Å². The lowest BCUT2D eigenvalue weighted by Crippen LogP contribution is -2.27. The molecule has 0 radical (unpaired) electrons. The first-order valence-corrected chi connectivity index (χ1v) is 8.85. The summed E-state index contributed by atoms with van der Waals surface area (Å²) >= 11 is 3.50. The largest absolute Gasteiger partial charge is 0.370 e. The molecule has 0 N–H and O–H groups in total. The Balaban J connectivity index is 2.38. The molecule has 0 amide bonds. The van der Waals surface area contributed by atoms with E-state index in [9.17, 15) is 8.42 Å². The summed E-state index contributed by atoms with van der Waals surface area (Å²) in [6.07, 6.45) is 1.10. The van der Waals surface area contributed by atoms with Crippen molar-refractivity contribution in [1.29, 1.82) is 0 Å². The Bertz CT molecular complexity index is 545. The van der Waals surface area contributed by atoms with Crippen molar-refractivity contribution in [2.75, 3.05) is 37.4 Å². The van der Waals surface area contributed by atoms with Gasteiger partial charge in [-0.1, -0.05) is 28.1 Å². The number of halogens is 1. The zero-order chi connectivity index (χ0) is 14.0. The van der Waals surface area contributed by atoms with E-state index >= 15 is 0 Å². The lowest BCUT2D eigenvalue weighted by Gasteiger charge is -2.23. The number of hydrogen-bond acceptors (Lipinski definition) is 3. The average molecular weight is 347 g/mol. The van der Waals surface area contributed by atoms with Crippen molar-refractivity contribution in [2.45, 2.75) is 11.3 Å². The van der Waals surface area contributed by atoms with E-state index < -0.39 is 10.0 Å². The second-order valence-corrected chi connectivity index (χ2v) is 7.78. The van der Waals surface area contributed by atoms with Crippen LogP contribution in [0.3, 0.4) is 0 Å². The van der Waals surface area contributed by atoms with Crippen molar-refractivity contribution in [3.05, 3.63) is 24.3 Å². The number of alkyl halides is 1. The zero-order valence-corrected chi connectivity index (χ0v) is 13.6. The molecule has 2 rings (SSSR count). The van der Waals surface area contributed by atoms with Gasteiger partial charge in [-0.05, 0) is 24.5 Å². The van der Waals surface area contributed by atoms with E-state index in [0.29, 0.717) is 10.8 Å². The molecule has 19 heavy (non-hydrogen) atoms. The van der Waals surface area contributed by atoms with Crippen LogP contribution in [0.5, 0.6) is 0 Å². The highest BCUT2D eigenvalue weighted by Crippen LogP contribution is 2.31. The molecule has 6 heteroatoms. The van der Waals surface area contributed by atoms with Gasteiger partial charge in [0.25, 0.3) is 0 Å². The Morgan fingerprint density at radius 3 is 2.63 bits per heavy atom. The second-order valence-electron chi connectivity index (χ2n) is 5.01. The third-order valence-electron chi connectivity index (χ3n) is 3.47. The lowest BCUT2D eigenvalue weighted by molar-refractivity contribution is 0.520. The molecule has 0 saturated carbocycles. The maximum Gasteiger partial charge on any atom is 0.244 e. The van der Waals surface area contributed by atoms with Gasteiger partial charge >= 0.3 is 0 Å². The maximum atomic E-state index is 12.4. The molecule has 4 nitrogen and oxygen atoms in total. The van der Waals surface area contributed by atoms with Crippen molar-refractivity contribution in [2.24, 2.45) is 5.92 Å². The van der Waals surface area contributed by atoms with E-state index in [0.717, 1.165) is 30.5 Å². The molecule has 0 aliphatic carbocycles. The van der Waals surface area contributed by atoms with Crippen molar-refractivity contribution in [3.63, 3.8) is 0 Å². The molecule has 1 unspecified atom stereocenters. The maximum absolute atomic E-state index is 12.4. The van der Waals surface area contributed by atoms with Gasteiger partial charge < -0.3 is 4.90 Å². The fourth-order valence-electron chi connectivity index (χ4n) is 2.31. The van der Waals surface area contributed by atoms with Gasteiger partial charge in [-0.15, -0.1) is 0 Å². The van der Waals surface area contributed by atoms with E-state index in [1.165, 1.54) is 4.31 Å². The van der Waals surface area contributed by atoms with Gasteiger partial charge in [0.15, 0.2) is 0 Å². The summed E-state index contributed by atoms with van der Waals surface area (Å²) in [6, 6.07) is 7.25. The SMILES string of the molecule is CN(C)S(=O)(=O)c1ccccc1N1CCC(CBr)C1. The Labute approximate surface area is 123 Å². The molecule has 1 atom stereocenters. The number of benzene rings is 1. The first kappa shape index (κ1) is 14.8. The molecule has 106 valence electrons. The van der Waals surface area contributed by atoms with E-state index in [4.69, 9.17) is 0 Å². The fraction of sp³-hybridized carbons (Fsp3) is 0.538. The van der Waals surface area contributed by atoms with Crippen molar-refractivity contribution >= 4 is 31.6 Å². The number of anilines is 1. The number of sulfonamides is 1. The third kappa shape index (κ3) is 2.95. The van der Waals surface area contributed by atoms with Crippen LogP contribution in [-0.2, 0) is 10.0 Å². The standard InChI is InChI=1S/C13H19BrN2O2S/c1-15(2)19(17,18)13-6-4-3-5-12(13)16-8-7-11(9-14)10-16/h3-6,11H,7-10H2,1-2H3. The topological polar surface area (TPSA) is 40.6 Å². The van der Waals surface area contributed by atoms with Gasteiger partial charge in [-0.2, -0.15) is 0 Å². The van der Waals surface area contributed by atoms with Crippen LogP contribution in [0.15, 0.2) is 29.2 Å². The van der Waals surface area contributed by atoms with Crippen molar-refractivity contribution in [1.82, 2.24) is 4.31 Å². The predicted molar refractivity (Wildman–Crippen MR) is 81.4 cm³/mol. The minimum absolute atomic E-state index is 0.398. The first-order valence-electron chi connectivity index (χ1n) is 6.29. The molecule has 1 aliphatic heterocycles. The third-order valence-corrected chi connectivity index (χ3v) is 6.25. The normalized spacial score (nSPS) is 20.2.